The molecule has 0 aliphatic heterocycles. The predicted octanol–water partition coefficient (Wildman–Crippen LogP) is 6.01. The second-order valence-corrected chi connectivity index (χ2v) is 7.50. The molecule has 0 spiro atoms. The summed E-state index contributed by atoms with van der Waals surface area (Å²) in [5.41, 5.74) is 6.23. The van der Waals surface area contributed by atoms with E-state index in [1.54, 1.807) is 6.20 Å². The molecule has 133 valence electrons. The van der Waals surface area contributed by atoms with Crippen LogP contribution in [0.25, 0.3) is 22.2 Å². The fourth-order valence-electron chi connectivity index (χ4n) is 3.40. The molecule has 27 heavy (non-hydrogen) atoms. The number of H-pyrrole nitrogens is 1. The van der Waals surface area contributed by atoms with Crippen LogP contribution in [-0.4, -0.2) is 15.0 Å². The SMILES string of the molecule is Cc1ccc2c(-c3nc(Nc4c[c]cc(C5CC5)c4)ncc3Cl)c[nH]c2c1. The van der Waals surface area contributed by atoms with Crippen LogP contribution in [0.4, 0.5) is 11.6 Å². The Labute approximate surface area is 162 Å². The van der Waals surface area contributed by atoms with Gasteiger partial charge in [-0.2, -0.15) is 0 Å². The van der Waals surface area contributed by atoms with Gasteiger partial charge in [0.15, 0.2) is 0 Å². The van der Waals surface area contributed by atoms with Crippen molar-refractivity contribution in [3.8, 4) is 11.3 Å². The summed E-state index contributed by atoms with van der Waals surface area (Å²) in [5, 5.41) is 4.91. The number of fused-ring (bicyclic) bond motifs is 1. The molecule has 0 bridgehead atoms. The highest BCUT2D eigenvalue weighted by Crippen LogP contribution is 2.40. The van der Waals surface area contributed by atoms with E-state index in [1.165, 1.54) is 24.0 Å². The lowest BCUT2D eigenvalue weighted by atomic mass is 10.1. The van der Waals surface area contributed by atoms with Gasteiger partial charge in [-0.05, 0) is 61.1 Å². The third kappa shape index (κ3) is 3.17. The zero-order valence-electron chi connectivity index (χ0n) is 14.9. The summed E-state index contributed by atoms with van der Waals surface area (Å²) in [6.07, 6.45) is 6.12. The Balaban J connectivity index is 1.51. The Morgan fingerprint density at radius 2 is 2.11 bits per heavy atom. The van der Waals surface area contributed by atoms with Crippen LogP contribution in [0.5, 0.6) is 0 Å². The molecule has 2 aromatic carbocycles. The smallest absolute Gasteiger partial charge is 0.227 e. The maximum Gasteiger partial charge on any atom is 0.227 e. The molecule has 1 fully saturated rings. The van der Waals surface area contributed by atoms with Crippen LogP contribution in [-0.2, 0) is 0 Å². The average Bonchev–Trinajstić information content (AvgIpc) is 3.44. The summed E-state index contributed by atoms with van der Waals surface area (Å²) < 4.78 is 0. The second kappa shape index (κ2) is 6.39. The maximum absolute atomic E-state index is 6.42. The third-order valence-corrected chi connectivity index (χ3v) is 5.23. The first-order chi connectivity index (χ1) is 13.2. The fraction of sp³-hybridized carbons (Fsp3) is 0.182. The van der Waals surface area contributed by atoms with Gasteiger partial charge in [0.25, 0.3) is 0 Å². The van der Waals surface area contributed by atoms with E-state index >= 15 is 0 Å². The van der Waals surface area contributed by atoms with E-state index in [-0.39, 0.29) is 0 Å². The molecule has 0 saturated heterocycles. The van der Waals surface area contributed by atoms with E-state index in [9.17, 15) is 0 Å². The first-order valence-corrected chi connectivity index (χ1v) is 9.44. The van der Waals surface area contributed by atoms with Crippen LogP contribution in [0.15, 0.2) is 48.8 Å². The second-order valence-electron chi connectivity index (χ2n) is 7.10. The minimum absolute atomic E-state index is 0.525. The minimum atomic E-state index is 0.525. The number of aryl methyl sites for hydroxylation is 1. The summed E-state index contributed by atoms with van der Waals surface area (Å²) >= 11 is 6.42. The monoisotopic (exact) mass is 373 g/mol. The first kappa shape index (κ1) is 16.3. The first-order valence-electron chi connectivity index (χ1n) is 9.06. The van der Waals surface area contributed by atoms with Gasteiger partial charge in [-0.1, -0.05) is 29.8 Å². The Bertz CT molecular complexity index is 1140. The highest BCUT2D eigenvalue weighted by Gasteiger charge is 2.23. The molecule has 2 N–H and O–H groups in total. The van der Waals surface area contributed by atoms with Crippen LogP contribution < -0.4 is 5.32 Å². The van der Waals surface area contributed by atoms with Crippen LogP contribution in [0, 0.1) is 13.0 Å². The van der Waals surface area contributed by atoms with Crippen molar-refractivity contribution in [1.82, 2.24) is 15.0 Å². The topological polar surface area (TPSA) is 53.6 Å². The van der Waals surface area contributed by atoms with Crippen molar-refractivity contribution >= 4 is 34.1 Å². The molecule has 4 aromatic rings. The molecule has 1 aliphatic carbocycles. The molecule has 5 heteroatoms. The summed E-state index contributed by atoms with van der Waals surface area (Å²) in [6.45, 7) is 2.08. The van der Waals surface area contributed by atoms with Crippen molar-refractivity contribution in [2.45, 2.75) is 25.7 Å². The standard InChI is InChI=1S/C22H18ClN4/c1-13-5-8-17-18(11-24-20(17)9-13)21-19(23)12-25-22(27-21)26-16-4-2-3-15(10-16)14-6-7-14/h3-5,8-12,14,24H,6-7H2,1H3,(H,25,26,27). The number of nitrogens with one attached hydrogen (secondary N) is 2. The summed E-state index contributed by atoms with van der Waals surface area (Å²) in [7, 11) is 0. The molecule has 0 unspecified atom stereocenters. The normalized spacial score (nSPS) is 13.9. The van der Waals surface area contributed by atoms with Gasteiger partial charge in [-0.3, -0.25) is 0 Å². The number of rotatable bonds is 4. The molecular weight excluding hydrogens is 356 g/mol. The number of benzene rings is 2. The van der Waals surface area contributed by atoms with Gasteiger partial charge in [0, 0.05) is 28.4 Å². The van der Waals surface area contributed by atoms with Crippen molar-refractivity contribution in [2.75, 3.05) is 5.32 Å². The summed E-state index contributed by atoms with van der Waals surface area (Å²) in [6, 6.07) is 15.6. The van der Waals surface area contributed by atoms with Gasteiger partial charge < -0.3 is 10.3 Å². The molecule has 1 aliphatic rings. The van der Waals surface area contributed by atoms with E-state index < -0.39 is 0 Å². The maximum atomic E-state index is 6.42. The Morgan fingerprint density at radius 3 is 2.96 bits per heavy atom. The third-order valence-electron chi connectivity index (χ3n) is 4.95. The van der Waals surface area contributed by atoms with Crippen molar-refractivity contribution in [3.63, 3.8) is 0 Å². The molecular formula is C22H18ClN4. The number of halogens is 1. The largest absolute Gasteiger partial charge is 0.360 e. The molecule has 2 heterocycles. The molecule has 1 radical (unpaired) electrons. The van der Waals surface area contributed by atoms with E-state index in [4.69, 9.17) is 11.6 Å². The molecule has 0 amide bonds. The molecule has 1 saturated carbocycles. The van der Waals surface area contributed by atoms with Gasteiger partial charge >= 0.3 is 0 Å². The number of nitrogens with zero attached hydrogens (tertiary/aromatic N) is 2. The summed E-state index contributed by atoms with van der Waals surface area (Å²) in [5.74, 6) is 1.21. The lowest BCUT2D eigenvalue weighted by Crippen LogP contribution is -1.99. The van der Waals surface area contributed by atoms with Gasteiger partial charge in [-0.25, -0.2) is 9.97 Å². The van der Waals surface area contributed by atoms with Gasteiger partial charge in [0.05, 0.1) is 16.9 Å². The lowest BCUT2D eigenvalue weighted by molar-refractivity contribution is 1.12. The zero-order valence-corrected chi connectivity index (χ0v) is 15.6. The molecule has 4 nitrogen and oxygen atoms in total. The van der Waals surface area contributed by atoms with E-state index in [2.05, 4.69) is 63.6 Å². The number of aromatic nitrogens is 3. The Morgan fingerprint density at radius 1 is 1.22 bits per heavy atom. The quantitative estimate of drug-likeness (QED) is 0.460. The number of aromatic amines is 1. The Hall–Kier alpha value is -2.85. The fourth-order valence-corrected chi connectivity index (χ4v) is 3.59. The highest BCUT2D eigenvalue weighted by atomic mass is 35.5. The lowest BCUT2D eigenvalue weighted by Gasteiger charge is -2.09. The number of hydrogen-bond donors (Lipinski definition) is 2. The van der Waals surface area contributed by atoms with E-state index in [0.717, 1.165) is 22.2 Å². The van der Waals surface area contributed by atoms with Crippen molar-refractivity contribution in [1.29, 1.82) is 0 Å². The summed E-state index contributed by atoms with van der Waals surface area (Å²) in [4.78, 5) is 12.3. The highest BCUT2D eigenvalue weighted by molar-refractivity contribution is 6.33. The zero-order chi connectivity index (χ0) is 18.4. The van der Waals surface area contributed by atoms with Gasteiger partial charge in [0.1, 0.15) is 0 Å². The van der Waals surface area contributed by atoms with Crippen LogP contribution in [0.2, 0.25) is 5.02 Å². The molecule has 0 atom stereocenters. The van der Waals surface area contributed by atoms with Crippen LogP contribution in [0.3, 0.4) is 0 Å². The van der Waals surface area contributed by atoms with Crippen molar-refractivity contribution in [3.05, 3.63) is 71.0 Å². The van der Waals surface area contributed by atoms with Gasteiger partial charge in [-0.15, -0.1) is 0 Å². The number of anilines is 2. The van der Waals surface area contributed by atoms with E-state index in [0.29, 0.717) is 22.6 Å². The average molecular weight is 374 g/mol. The van der Waals surface area contributed by atoms with Gasteiger partial charge in [0.2, 0.25) is 5.95 Å². The van der Waals surface area contributed by atoms with Crippen molar-refractivity contribution in [2.24, 2.45) is 0 Å². The molecule has 5 rings (SSSR count). The predicted molar refractivity (Wildman–Crippen MR) is 110 cm³/mol. The van der Waals surface area contributed by atoms with Crippen molar-refractivity contribution < 1.29 is 0 Å². The van der Waals surface area contributed by atoms with Crippen LogP contribution in [0.1, 0.15) is 29.9 Å². The van der Waals surface area contributed by atoms with Crippen LogP contribution >= 0.6 is 11.6 Å². The Kier molecular flexibility index (Phi) is 3.87. The molecule has 2 aromatic heterocycles. The number of hydrogen-bond acceptors (Lipinski definition) is 3. The minimum Gasteiger partial charge on any atom is -0.360 e. The van der Waals surface area contributed by atoms with E-state index in [1.807, 2.05) is 12.3 Å².